The van der Waals surface area contributed by atoms with Gasteiger partial charge in [-0.05, 0) is 81.9 Å². The van der Waals surface area contributed by atoms with Crippen LogP contribution in [0.5, 0.6) is 11.5 Å². The lowest BCUT2D eigenvalue weighted by atomic mass is 9.97. The average Bonchev–Trinajstić information content (AvgIpc) is 3.67. The molecule has 5 N–H and O–H groups in total. The number of carbonyl (C=O) groups is 3. The molecule has 2 aliphatic carbocycles. The molecule has 0 radical (unpaired) electrons. The summed E-state index contributed by atoms with van der Waals surface area (Å²) in [6.07, 6.45) is -1.66. The summed E-state index contributed by atoms with van der Waals surface area (Å²) in [5, 5.41) is 34.0. The van der Waals surface area contributed by atoms with Crippen LogP contribution >= 0.6 is 31.9 Å². The lowest BCUT2D eigenvalue weighted by Gasteiger charge is -2.39. The molecule has 2 fully saturated rings. The van der Waals surface area contributed by atoms with Crippen LogP contribution in [0.2, 0.25) is 0 Å². The second-order valence-corrected chi connectivity index (χ2v) is 15.9. The molecule has 19 heteroatoms. The first-order valence-corrected chi connectivity index (χ1v) is 21.5. The number of aromatic amines is 1. The zero-order valence-electron chi connectivity index (χ0n) is 33.0. The van der Waals surface area contributed by atoms with Crippen molar-refractivity contribution < 1.29 is 72.3 Å². The summed E-state index contributed by atoms with van der Waals surface area (Å²) >= 11 is 7.05. The number of aromatic nitrogens is 1. The van der Waals surface area contributed by atoms with Crippen LogP contribution in [0.3, 0.4) is 0 Å². The van der Waals surface area contributed by atoms with Crippen LogP contribution < -0.4 is 14.8 Å². The number of nitrogens with one attached hydrogen (secondary N) is 2. The van der Waals surface area contributed by atoms with E-state index in [4.69, 9.17) is 42.6 Å². The number of benzene rings is 1. The Hall–Kier alpha value is -3.03. The summed E-state index contributed by atoms with van der Waals surface area (Å²) in [7, 11) is 0. The molecule has 17 nitrogen and oxygen atoms in total. The molecule has 59 heavy (non-hydrogen) atoms. The van der Waals surface area contributed by atoms with E-state index in [0.29, 0.717) is 89.2 Å². The molecule has 2 heterocycles. The first kappa shape index (κ1) is 47.0. The van der Waals surface area contributed by atoms with Crippen LogP contribution in [0.25, 0.3) is 10.9 Å². The summed E-state index contributed by atoms with van der Waals surface area (Å²) in [5.41, 5.74) is 0.647. The minimum absolute atomic E-state index is 0.0648. The fraction of sp³-hybridized carbons (Fsp3) is 0.675. The highest BCUT2D eigenvalue weighted by atomic mass is 79.9. The lowest BCUT2D eigenvalue weighted by molar-refractivity contribution is -0.265. The molecule has 1 unspecified atom stereocenters. The van der Waals surface area contributed by atoms with Crippen molar-refractivity contribution in [2.24, 2.45) is 17.8 Å². The predicted molar refractivity (Wildman–Crippen MR) is 217 cm³/mol. The van der Waals surface area contributed by atoms with Gasteiger partial charge in [0.05, 0.1) is 72.7 Å². The van der Waals surface area contributed by atoms with Gasteiger partial charge < -0.3 is 68.3 Å². The summed E-state index contributed by atoms with van der Waals surface area (Å²) in [4.78, 5) is 38.9. The van der Waals surface area contributed by atoms with Crippen molar-refractivity contribution in [3.8, 4) is 23.3 Å². The highest BCUT2D eigenvalue weighted by Crippen LogP contribution is 2.52. The summed E-state index contributed by atoms with van der Waals surface area (Å²) in [5.74, 6) is 8.21. The van der Waals surface area contributed by atoms with Gasteiger partial charge in [0.25, 0.3) is 0 Å². The molecule has 1 saturated carbocycles. The van der Waals surface area contributed by atoms with Crippen LogP contribution in [0.15, 0.2) is 21.2 Å². The van der Waals surface area contributed by atoms with Crippen LogP contribution in [-0.2, 0) is 42.7 Å². The topological polar surface area (TPSA) is 223 Å². The third-order valence-electron chi connectivity index (χ3n) is 10.1. The number of rotatable bonds is 25. The molecule has 5 rings (SSSR count). The normalized spacial score (nSPS) is 24.8. The quantitative estimate of drug-likeness (QED) is 0.0547. The maximum absolute atomic E-state index is 12.1. The van der Waals surface area contributed by atoms with Crippen molar-refractivity contribution in [3.05, 3.63) is 21.2 Å². The number of fused-ring (bicyclic) bond motifs is 2. The van der Waals surface area contributed by atoms with E-state index >= 15 is 0 Å². The van der Waals surface area contributed by atoms with Gasteiger partial charge in [-0.3, -0.25) is 9.59 Å². The molecule has 1 saturated heterocycles. The number of amides is 1. The third-order valence-corrected chi connectivity index (χ3v) is 11.5. The number of hydrogen-bond donors (Lipinski definition) is 5. The molecule has 1 aliphatic heterocycles. The number of ketones is 1. The second kappa shape index (κ2) is 24.4. The SMILES string of the molecule is CC(=O)[C@H]1O[C@@H](Oc2c[nH]c3cc(Br)c(OCCOCCOCCOC(=O)NCCOCCOCCCC(=O)OCC4[C@H]5CCC#CCC[C@@H]45)c(Br)c23)[C@H](O)[C@@H](O)[C@@H]1O. The Morgan fingerprint density at radius 1 is 0.847 bits per heavy atom. The largest absolute Gasteiger partial charge is 0.489 e. The maximum atomic E-state index is 12.1. The number of hydrogen-bond acceptors (Lipinski definition) is 15. The minimum atomic E-state index is -1.65. The summed E-state index contributed by atoms with van der Waals surface area (Å²) < 4.78 is 51.0. The number of ether oxygens (including phenoxy) is 9. The fourth-order valence-electron chi connectivity index (χ4n) is 6.98. The minimum Gasteiger partial charge on any atom is -0.489 e. The molecular weight excluding hydrogens is 908 g/mol. The Labute approximate surface area is 359 Å². The molecule has 0 bridgehead atoms. The number of aliphatic hydroxyl groups is 3. The van der Waals surface area contributed by atoms with Crippen molar-refractivity contribution in [1.82, 2.24) is 10.3 Å². The zero-order valence-corrected chi connectivity index (χ0v) is 36.2. The Bertz CT molecular complexity index is 1720. The number of Topliss-reactive ketones (excluding diaryl/α,β-unsaturated/α-hetero) is 1. The highest BCUT2D eigenvalue weighted by molar-refractivity contribution is 9.11. The van der Waals surface area contributed by atoms with E-state index < -0.39 is 42.6 Å². The van der Waals surface area contributed by atoms with Gasteiger partial charge in [0.2, 0.25) is 6.29 Å². The Morgan fingerprint density at radius 3 is 2.19 bits per heavy atom. The first-order valence-electron chi connectivity index (χ1n) is 19.9. The Kier molecular flexibility index (Phi) is 19.5. The van der Waals surface area contributed by atoms with Crippen molar-refractivity contribution in [1.29, 1.82) is 0 Å². The van der Waals surface area contributed by atoms with Gasteiger partial charge in [0.15, 0.2) is 5.78 Å². The van der Waals surface area contributed by atoms with Crippen LogP contribution in [0.1, 0.15) is 45.4 Å². The molecule has 8 atom stereocenters. The van der Waals surface area contributed by atoms with Crippen LogP contribution in [0, 0.1) is 29.6 Å². The molecule has 0 spiro atoms. The van der Waals surface area contributed by atoms with Gasteiger partial charge in [0.1, 0.15) is 49.1 Å². The standard InChI is InChI=1S/C40H54Br2N2O15/c1-24(45)37-35(48)34(47)36(49)39(59-37)58-30-22-44-29-21-28(41)38(33(42)32(29)30)55-19-17-53-15-16-54-18-20-56-40(50)43-10-12-52-14-13-51-11-6-9-31(46)57-23-27-25-7-4-2-3-5-8-26(25)27/h21-22,25-27,34-37,39,44,47-49H,4-20,23H2,1H3,(H,43,50)/t25-,26+,27?,34-,35-,36+,37+,39+/m0/s1. The Morgan fingerprint density at radius 2 is 1.49 bits per heavy atom. The van der Waals surface area contributed by atoms with E-state index in [1.165, 1.54) is 13.1 Å². The predicted octanol–water partition coefficient (Wildman–Crippen LogP) is 3.40. The van der Waals surface area contributed by atoms with Crippen LogP contribution in [0.4, 0.5) is 4.79 Å². The van der Waals surface area contributed by atoms with Gasteiger partial charge in [-0.2, -0.15) is 0 Å². The zero-order chi connectivity index (χ0) is 42.1. The maximum Gasteiger partial charge on any atom is 0.407 e. The molecule has 3 aliphatic rings. The fourth-order valence-corrected chi connectivity index (χ4v) is 8.53. The molecule has 2 aromatic rings. The van der Waals surface area contributed by atoms with Gasteiger partial charge in [-0.15, -0.1) is 11.8 Å². The smallest absolute Gasteiger partial charge is 0.407 e. The van der Waals surface area contributed by atoms with Crippen molar-refractivity contribution in [3.63, 3.8) is 0 Å². The van der Waals surface area contributed by atoms with E-state index in [9.17, 15) is 29.7 Å². The van der Waals surface area contributed by atoms with Crippen LogP contribution in [-0.4, -0.2) is 148 Å². The molecular formula is C40H54Br2N2O15. The summed E-state index contributed by atoms with van der Waals surface area (Å²) in [6.45, 7) is 4.73. The van der Waals surface area contributed by atoms with Gasteiger partial charge in [-0.25, -0.2) is 4.79 Å². The number of alkyl carbamates (subject to hydrolysis) is 1. The average molecular weight is 963 g/mol. The number of esters is 1. The number of carbonyl (C=O) groups excluding carboxylic acids is 3. The lowest BCUT2D eigenvalue weighted by Crippen LogP contribution is -2.60. The third kappa shape index (κ3) is 14.3. The first-order chi connectivity index (χ1) is 28.6. The van der Waals surface area contributed by atoms with Crippen molar-refractivity contribution in [2.45, 2.75) is 76.2 Å². The van der Waals surface area contributed by atoms with E-state index in [1.807, 2.05) is 0 Å². The van der Waals surface area contributed by atoms with E-state index in [1.54, 1.807) is 6.07 Å². The highest BCUT2D eigenvalue weighted by Gasteiger charge is 2.49. The molecule has 1 aromatic heterocycles. The van der Waals surface area contributed by atoms with Crippen molar-refractivity contribution in [2.75, 3.05) is 79.2 Å². The second-order valence-electron chi connectivity index (χ2n) is 14.3. The van der Waals surface area contributed by atoms with E-state index in [2.05, 4.69) is 54.0 Å². The number of aliphatic hydroxyl groups excluding tert-OH is 3. The molecule has 1 aromatic carbocycles. The Balaban J connectivity index is 0.826. The van der Waals surface area contributed by atoms with E-state index in [-0.39, 0.29) is 57.9 Å². The van der Waals surface area contributed by atoms with Gasteiger partial charge >= 0.3 is 12.1 Å². The molecule has 1 amide bonds. The van der Waals surface area contributed by atoms with Gasteiger partial charge in [0, 0.05) is 38.6 Å². The molecule has 328 valence electrons. The van der Waals surface area contributed by atoms with Crippen molar-refractivity contribution >= 4 is 60.6 Å². The van der Waals surface area contributed by atoms with E-state index in [0.717, 1.165) is 25.7 Å². The van der Waals surface area contributed by atoms with Gasteiger partial charge in [-0.1, -0.05) is 0 Å². The number of halogens is 2. The monoisotopic (exact) mass is 960 g/mol. The number of H-pyrrole nitrogens is 1. The summed E-state index contributed by atoms with van der Waals surface area (Å²) in [6, 6.07) is 1.77.